The number of methoxy groups -OCH3 is 2. The average Bonchev–Trinajstić information content (AvgIpc) is 2.45. The van der Waals surface area contributed by atoms with E-state index in [-0.39, 0.29) is 21.7 Å². The predicted octanol–water partition coefficient (Wildman–Crippen LogP) is 1.31. The van der Waals surface area contributed by atoms with Crippen LogP contribution in [0.5, 0.6) is 11.5 Å². The monoisotopic (exact) mass is 381 g/mol. The van der Waals surface area contributed by atoms with Gasteiger partial charge in [-0.1, -0.05) is 0 Å². The maximum Gasteiger partial charge on any atom is 0.321 e. The highest BCUT2D eigenvalue weighted by Gasteiger charge is 2.22. The Hall–Kier alpha value is -1.32. The Bertz CT molecular complexity index is 616. The lowest BCUT2D eigenvalue weighted by Gasteiger charge is -2.12. The molecule has 0 aliphatic heterocycles. The number of halogens is 1. The van der Waals surface area contributed by atoms with Crippen molar-refractivity contribution in [2.45, 2.75) is 11.8 Å². The normalized spacial score (nSPS) is 11.0. The zero-order valence-electron chi connectivity index (χ0n) is 11.8. The van der Waals surface area contributed by atoms with Gasteiger partial charge < -0.3 is 14.2 Å². The molecule has 0 spiro atoms. The molecule has 0 fully saturated rings. The minimum Gasteiger partial charge on any atom is -0.493 e. The lowest BCUT2D eigenvalue weighted by Crippen LogP contribution is -2.31. The molecule has 0 unspecified atom stereocenters. The molecule has 0 atom stereocenters. The van der Waals surface area contributed by atoms with E-state index in [9.17, 15) is 13.2 Å². The number of nitrogens with one attached hydrogen (secondary N) is 1. The number of sulfonamides is 1. The molecule has 0 bridgehead atoms. The van der Waals surface area contributed by atoms with Gasteiger partial charge in [0.15, 0.2) is 11.5 Å². The van der Waals surface area contributed by atoms with Gasteiger partial charge in [-0.15, -0.1) is 0 Å². The van der Waals surface area contributed by atoms with Gasteiger partial charge in [0.25, 0.3) is 0 Å². The van der Waals surface area contributed by atoms with Gasteiger partial charge >= 0.3 is 5.97 Å². The molecule has 21 heavy (non-hydrogen) atoms. The van der Waals surface area contributed by atoms with Crippen molar-refractivity contribution in [3.63, 3.8) is 0 Å². The Morgan fingerprint density at radius 2 is 1.81 bits per heavy atom. The van der Waals surface area contributed by atoms with Gasteiger partial charge in [-0.2, -0.15) is 4.72 Å². The summed E-state index contributed by atoms with van der Waals surface area (Å²) < 4.78 is 41.6. The van der Waals surface area contributed by atoms with E-state index in [1.165, 1.54) is 26.4 Å². The Morgan fingerprint density at radius 3 is 2.33 bits per heavy atom. The van der Waals surface area contributed by atoms with Crippen LogP contribution < -0.4 is 14.2 Å². The van der Waals surface area contributed by atoms with Crippen LogP contribution in [0.4, 0.5) is 0 Å². The van der Waals surface area contributed by atoms with Crippen LogP contribution in [0.2, 0.25) is 0 Å². The number of rotatable bonds is 7. The fraction of sp³-hybridized carbons (Fsp3) is 0.417. The molecule has 1 aromatic rings. The summed E-state index contributed by atoms with van der Waals surface area (Å²) in [5, 5.41) is 0. The third-order valence-corrected chi connectivity index (χ3v) is 4.80. The minimum absolute atomic E-state index is 0.0653. The summed E-state index contributed by atoms with van der Waals surface area (Å²) in [6.45, 7) is 1.37. The summed E-state index contributed by atoms with van der Waals surface area (Å²) in [5.74, 6) is -0.0106. The molecule has 7 nitrogen and oxygen atoms in total. The van der Waals surface area contributed by atoms with E-state index in [4.69, 9.17) is 9.47 Å². The van der Waals surface area contributed by atoms with Gasteiger partial charge in [0.05, 0.1) is 20.8 Å². The van der Waals surface area contributed by atoms with Crippen molar-refractivity contribution in [2.75, 3.05) is 27.4 Å². The molecule has 0 heterocycles. The van der Waals surface area contributed by atoms with Crippen molar-refractivity contribution in [1.82, 2.24) is 4.72 Å². The molecule has 1 rings (SSSR count). The van der Waals surface area contributed by atoms with Crippen molar-refractivity contribution in [1.29, 1.82) is 0 Å². The van der Waals surface area contributed by atoms with Gasteiger partial charge in [0.1, 0.15) is 11.4 Å². The summed E-state index contributed by atoms with van der Waals surface area (Å²) in [5.41, 5.74) is 0. The molecule has 0 aliphatic rings. The lowest BCUT2D eigenvalue weighted by molar-refractivity contribution is -0.141. The highest BCUT2D eigenvalue weighted by atomic mass is 79.9. The third kappa shape index (κ3) is 4.58. The molecule has 118 valence electrons. The van der Waals surface area contributed by atoms with E-state index in [2.05, 4.69) is 25.4 Å². The van der Waals surface area contributed by atoms with Gasteiger partial charge in [0, 0.05) is 10.5 Å². The van der Waals surface area contributed by atoms with Crippen LogP contribution in [0.1, 0.15) is 6.92 Å². The zero-order valence-corrected chi connectivity index (χ0v) is 14.2. The van der Waals surface area contributed by atoms with Crippen molar-refractivity contribution in [3.05, 3.63) is 16.6 Å². The van der Waals surface area contributed by atoms with Gasteiger partial charge in [-0.3, -0.25) is 4.79 Å². The second kappa shape index (κ2) is 7.62. The number of ether oxygens (including phenoxy) is 3. The van der Waals surface area contributed by atoms with Crippen LogP contribution >= 0.6 is 15.9 Å². The first kappa shape index (κ1) is 17.7. The Kier molecular flexibility index (Phi) is 6.43. The largest absolute Gasteiger partial charge is 0.493 e. The fourth-order valence-corrected chi connectivity index (χ4v) is 3.49. The molecule has 0 aliphatic carbocycles. The maximum atomic E-state index is 12.2. The van der Waals surface area contributed by atoms with Crippen LogP contribution in [0, 0.1) is 0 Å². The highest BCUT2D eigenvalue weighted by Crippen LogP contribution is 2.35. The summed E-state index contributed by atoms with van der Waals surface area (Å²) in [6.07, 6.45) is 0. The molecule has 0 aromatic heterocycles. The molecule has 0 amide bonds. The summed E-state index contributed by atoms with van der Waals surface area (Å²) in [7, 11) is -1.06. The van der Waals surface area contributed by atoms with Crippen LogP contribution in [0.3, 0.4) is 0 Å². The van der Waals surface area contributed by atoms with E-state index < -0.39 is 22.5 Å². The average molecular weight is 382 g/mol. The van der Waals surface area contributed by atoms with Crippen molar-refractivity contribution >= 4 is 31.9 Å². The SMILES string of the molecule is CCOC(=O)CNS(=O)(=O)c1cc(OC)c(OC)cc1Br. The maximum absolute atomic E-state index is 12.2. The second-order valence-corrected chi connectivity index (χ2v) is 6.36. The molecule has 0 radical (unpaired) electrons. The molecule has 1 N–H and O–H groups in total. The van der Waals surface area contributed by atoms with Crippen LogP contribution in [-0.4, -0.2) is 41.8 Å². The third-order valence-electron chi connectivity index (χ3n) is 2.44. The molecule has 9 heteroatoms. The first-order valence-corrected chi connectivity index (χ1v) is 8.20. The minimum atomic E-state index is -3.90. The quantitative estimate of drug-likeness (QED) is 0.715. The van der Waals surface area contributed by atoms with E-state index in [0.717, 1.165) is 0 Å². The number of esters is 1. The zero-order chi connectivity index (χ0) is 16.0. The molecular weight excluding hydrogens is 366 g/mol. The topological polar surface area (TPSA) is 90.9 Å². The van der Waals surface area contributed by atoms with Crippen molar-refractivity contribution in [2.24, 2.45) is 0 Å². The van der Waals surface area contributed by atoms with Gasteiger partial charge in [0.2, 0.25) is 10.0 Å². The van der Waals surface area contributed by atoms with E-state index in [0.29, 0.717) is 5.75 Å². The standard InChI is InChI=1S/C12H16BrNO6S/c1-4-20-12(15)7-14-21(16,17)11-6-10(19-3)9(18-2)5-8(11)13/h5-6,14H,4,7H2,1-3H3. The molecular formula is C12H16BrNO6S. The highest BCUT2D eigenvalue weighted by molar-refractivity contribution is 9.10. The first-order valence-electron chi connectivity index (χ1n) is 5.92. The number of carbonyl (C=O) groups excluding carboxylic acids is 1. The number of hydrogen-bond acceptors (Lipinski definition) is 6. The van der Waals surface area contributed by atoms with Gasteiger partial charge in [-0.25, -0.2) is 8.42 Å². The second-order valence-electron chi connectivity index (χ2n) is 3.77. The van der Waals surface area contributed by atoms with E-state index in [1.54, 1.807) is 6.92 Å². The van der Waals surface area contributed by atoms with Crippen molar-refractivity contribution < 1.29 is 27.4 Å². The lowest BCUT2D eigenvalue weighted by atomic mass is 10.3. The Morgan fingerprint density at radius 1 is 1.24 bits per heavy atom. The summed E-state index contributed by atoms with van der Waals surface area (Å²) in [4.78, 5) is 11.2. The predicted molar refractivity (Wildman–Crippen MR) is 79.1 cm³/mol. The number of carbonyl (C=O) groups is 1. The number of benzene rings is 1. The molecule has 1 aromatic carbocycles. The summed E-state index contributed by atoms with van der Waals surface area (Å²) >= 11 is 3.15. The Balaban J connectivity index is 3.05. The smallest absolute Gasteiger partial charge is 0.321 e. The van der Waals surface area contributed by atoms with Crippen LogP contribution in [-0.2, 0) is 19.6 Å². The van der Waals surface area contributed by atoms with Crippen molar-refractivity contribution in [3.8, 4) is 11.5 Å². The molecule has 0 saturated heterocycles. The van der Waals surface area contributed by atoms with Crippen LogP contribution in [0.15, 0.2) is 21.5 Å². The van der Waals surface area contributed by atoms with E-state index >= 15 is 0 Å². The Labute approximate surface area is 131 Å². The van der Waals surface area contributed by atoms with E-state index in [1.807, 2.05) is 0 Å². The number of hydrogen-bond donors (Lipinski definition) is 1. The first-order chi connectivity index (χ1) is 9.85. The molecule has 0 saturated carbocycles. The van der Waals surface area contributed by atoms with Gasteiger partial charge in [-0.05, 0) is 28.9 Å². The fourth-order valence-electron chi connectivity index (χ4n) is 1.49. The van der Waals surface area contributed by atoms with Crippen LogP contribution in [0.25, 0.3) is 0 Å². The summed E-state index contributed by atoms with van der Waals surface area (Å²) in [6, 6.07) is 2.77.